The second kappa shape index (κ2) is 22.3. The molecule has 0 heterocycles. The molecule has 0 bridgehead atoms. The molecule has 4 aromatic rings. The van der Waals surface area contributed by atoms with Crippen molar-refractivity contribution in [3.63, 3.8) is 0 Å². The summed E-state index contributed by atoms with van der Waals surface area (Å²) < 4.78 is 23.5. The topological polar surface area (TPSA) is 122 Å². The summed E-state index contributed by atoms with van der Waals surface area (Å²) in [6.07, 6.45) is 8.34. The molecule has 0 fully saturated rings. The van der Waals surface area contributed by atoms with Crippen molar-refractivity contribution in [2.75, 3.05) is 37.9 Å². The highest BCUT2D eigenvalue weighted by atomic mass is 28.4. The van der Waals surface area contributed by atoms with Crippen molar-refractivity contribution in [3.05, 3.63) is 149 Å². The summed E-state index contributed by atoms with van der Waals surface area (Å²) in [5.74, 6) is 0.380. The summed E-state index contributed by atoms with van der Waals surface area (Å²) in [5.41, 5.74) is 7.32. The minimum absolute atomic E-state index is 0.0290. The number of carbonyl (C=O) groups is 1. The standard InChI is InChI=1S/C48H54N6O5Si/c1-7-57-60(58-8-2,59-9-3)31-13-30-51-47(55)36-56-45-28-26-44(27-29-45)54(42-14-11-10-12-15-42)43-24-22-41(23-25-43)53-52-40-20-18-37(19-21-40)16-17-38-32-39(46(35-49)50-6)34-48(4,5)33-38/h10-12,14-29,32H,7-9,13,30-31,33-34,36H2,1-5H3,(H,51,55)/b17-16+,46-39+,53-52?. The highest BCUT2D eigenvalue weighted by Crippen LogP contribution is 2.40. The SMILES string of the molecule is [C-]#[N+]/C(C#N)=C1C=C(/C=C/c2ccc(N=Nc3ccc(N(c4ccccc4)c4ccc(OCC(=O)NCCC[Si](OCC)(OCC)OCC)cc4)cc3)cc2)CC(C)(C)C\1. The van der Waals surface area contributed by atoms with Gasteiger partial charge in [0.2, 0.25) is 0 Å². The van der Waals surface area contributed by atoms with Crippen molar-refractivity contribution in [2.45, 2.75) is 59.9 Å². The second-order valence-electron chi connectivity index (χ2n) is 14.9. The molecule has 0 unspecified atom stereocenters. The average Bonchev–Trinajstić information content (AvgIpc) is 3.25. The number of carbonyl (C=O) groups excluding carboxylic acids is 1. The normalized spacial score (nSPS) is 14.6. The predicted octanol–water partition coefficient (Wildman–Crippen LogP) is 12.0. The molecule has 4 aromatic carbocycles. The average molecular weight is 823 g/mol. The van der Waals surface area contributed by atoms with Gasteiger partial charge in [-0.3, -0.25) is 4.79 Å². The second-order valence-corrected chi connectivity index (χ2v) is 17.6. The van der Waals surface area contributed by atoms with Crippen LogP contribution in [0.4, 0.5) is 28.4 Å². The number of hydrogen-bond acceptors (Lipinski definition) is 9. The van der Waals surface area contributed by atoms with Gasteiger partial charge in [0.15, 0.2) is 6.61 Å². The van der Waals surface area contributed by atoms with Gasteiger partial charge in [-0.25, -0.2) is 10.1 Å². The number of azo groups is 1. The highest BCUT2D eigenvalue weighted by molar-refractivity contribution is 6.60. The van der Waals surface area contributed by atoms with E-state index in [1.165, 1.54) is 0 Å². The molecule has 12 heteroatoms. The van der Waals surface area contributed by atoms with Crippen LogP contribution in [-0.4, -0.2) is 47.7 Å². The van der Waals surface area contributed by atoms with Gasteiger partial charge in [0.25, 0.3) is 11.6 Å². The molecule has 0 aromatic heterocycles. The molecule has 11 nitrogen and oxygen atoms in total. The Labute approximate surface area is 355 Å². The zero-order chi connectivity index (χ0) is 42.8. The summed E-state index contributed by atoms with van der Waals surface area (Å²) in [4.78, 5) is 18.2. The molecular weight excluding hydrogens is 769 g/mol. The fourth-order valence-electron chi connectivity index (χ4n) is 6.97. The Balaban J connectivity index is 1.18. The van der Waals surface area contributed by atoms with Gasteiger partial charge in [-0.05, 0) is 135 Å². The zero-order valence-electron chi connectivity index (χ0n) is 35.2. The number of para-hydroxylation sites is 1. The molecule has 0 radical (unpaired) electrons. The summed E-state index contributed by atoms with van der Waals surface area (Å²) in [6, 6.07) is 36.1. The quantitative estimate of drug-likeness (QED) is 0.0309. The lowest BCUT2D eigenvalue weighted by atomic mass is 9.74. The lowest BCUT2D eigenvalue weighted by Gasteiger charge is -2.30. The van der Waals surface area contributed by atoms with Gasteiger partial charge in [-0.15, -0.1) is 0 Å². The first kappa shape index (κ1) is 44.9. The van der Waals surface area contributed by atoms with Crippen LogP contribution in [0.15, 0.2) is 142 Å². The van der Waals surface area contributed by atoms with E-state index in [1.54, 1.807) is 0 Å². The van der Waals surface area contributed by atoms with E-state index in [2.05, 4.69) is 45.2 Å². The number of hydrogen-bond donors (Lipinski definition) is 1. The van der Waals surface area contributed by atoms with Crippen LogP contribution >= 0.6 is 0 Å². The molecule has 1 aliphatic rings. The third-order valence-electron chi connectivity index (χ3n) is 9.56. The molecule has 0 saturated carbocycles. The molecular formula is C48H54N6O5Si. The number of nitrogens with zero attached hydrogens (tertiary/aromatic N) is 5. The summed E-state index contributed by atoms with van der Waals surface area (Å²) in [5, 5.41) is 21.3. The molecule has 0 aliphatic heterocycles. The monoisotopic (exact) mass is 822 g/mol. The number of amides is 1. The molecule has 1 amide bonds. The van der Waals surface area contributed by atoms with E-state index >= 15 is 0 Å². The van der Waals surface area contributed by atoms with Crippen LogP contribution in [0.5, 0.6) is 5.75 Å². The Bertz CT molecular complexity index is 2190. The van der Waals surface area contributed by atoms with Gasteiger partial charge < -0.3 is 28.2 Å². The highest BCUT2D eigenvalue weighted by Gasteiger charge is 2.39. The minimum atomic E-state index is -2.75. The summed E-state index contributed by atoms with van der Waals surface area (Å²) in [6.45, 7) is 19.4. The van der Waals surface area contributed by atoms with Crippen molar-refractivity contribution in [2.24, 2.45) is 15.6 Å². The maximum absolute atomic E-state index is 12.6. The van der Waals surface area contributed by atoms with E-state index in [1.807, 2.05) is 142 Å². The Hall–Kier alpha value is -6.15. The first-order valence-corrected chi connectivity index (χ1v) is 22.3. The molecule has 0 atom stereocenters. The van der Waals surface area contributed by atoms with Crippen molar-refractivity contribution >= 4 is 49.2 Å². The Kier molecular flexibility index (Phi) is 16.7. The third kappa shape index (κ3) is 13.2. The van der Waals surface area contributed by atoms with Crippen molar-refractivity contribution < 1.29 is 22.8 Å². The fourth-order valence-corrected chi connectivity index (χ4v) is 9.59. The molecule has 5 rings (SSSR count). The van der Waals surface area contributed by atoms with E-state index in [0.29, 0.717) is 56.7 Å². The summed E-state index contributed by atoms with van der Waals surface area (Å²) >= 11 is 0. The fraction of sp³-hybridized carbons (Fsp3) is 0.312. The van der Waals surface area contributed by atoms with Crippen LogP contribution in [0, 0.1) is 23.3 Å². The molecule has 60 heavy (non-hydrogen) atoms. The van der Waals surface area contributed by atoms with Crippen LogP contribution in [0.2, 0.25) is 6.04 Å². The summed E-state index contributed by atoms with van der Waals surface area (Å²) in [7, 11) is -2.75. The van der Waals surface area contributed by atoms with Gasteiger partial charge in [0.1, 0.15) is 5.75 Å². The Morgan fingerprint density at radius 3 is 1.97 bits per heavy atom. The minimum Gasteiger partial charge on any atom is -0.484 e. The van der Waals surface area contributed by atoms with E-state index in [-0.39, 0.29) is 23.6 Å². The largest absolute Gasteiger partial charge is 0.500 e. The van der Waals surface area contributed by atoms with Gasteiger partial charge in [0.05, 0.1) is 24.0 Å². The van der Waals surface area contributed by atoms with Gasteiger partial charge in [-0.2, -0.15) is 10.2 Å². The van der Waals surface area contributed by atoms with Gasteiger partial charge in [-0.1, -0.05) is 62.4 Å². The Morgan fingerprint density at radius 2 is 1.40 bits per heavy atom. The predicted molar refractivity (Wildman–Crippen MR) is 240 cm³/mol. The van der Waals surface area contributed by atoms with Gasteiger partial charge >= 0.3 is 8.80 Å². The van der Waals surface area contributed by atoms with E-state index in [0.717, 1.165) is 45.9 Å². The van der Waals surface area contributed by atoms with Crippen molar-refractivity contribution in [1.29, 1.82) is 5.26 Å². The van der Waals surface area contributed by atoms with Crippen LogP contribution in [-0.2, 0) is 18.1 Å². The number of benzene rings is 4. The van der Waals surface area contributed by atoms with E-state index in [4.69, 9.17) is 24.6 Å². The number of ether oxygens (including phenoxy) is 1. The van der Waals surface area contributed by atoms with Crippen LogP contribution in [0.25, 0.3) is 10.9 Å². The van der Waals surface area contributed by atoms with Crippen LogP contribution in [0.1, 0.15) is 59.4 Å². The van der Waals surface area contributed by atoms with Crippen molar-refractivity contribution in [3.8, 4) is 11.8 Å². The number of allylic oxidation sites excluding steroid dienone is 5. The number of anilines is 3. The molecule has 0 saturated heterocycles. The lowest BCUT2D eigenvalue weighted by molar-refractivity contribution is -0.123. The zero-order valence-corrected chi connectivity index (χ0v) is 36.2. The van der Waals surface area contributed by atoms with Crippen molar-refractivity contribution in [1.82, 2.24) is 5.32 Å². The van der Waals surface area contributed by atoms with Crippen LogP contribution in [0.3, 0.4) is 0 Å². The maximum Gasteiger partial charge on any atom is 0.500 e. The van der Waals surface area contributed by atoms with E-state index < -0.39 is 8.80 Å². The first-order chi connectivity index (χ1) is 29.1. The number of nitrogens with one attached hydrogen (secondary N) is 1. The molecule has 310 valence electrons. The number of nitriles is 1. The molecule has 0 spiro atoms. The van der Waals surface area contributed by atoms with Gasteiger partial charge in [0, 0.05) is 49.5 Å². The first-order valence-electron chi connectivity index (χ1n) is 20.4. The lowest BCUT2D eigenvalue weighted by Crippen LogP contribution is -2.46. The Morgan fingerprint density at radius 1 is 0.833 bits per heavy atom. The van der Waals surface area contributed by atoms with E-state index in [9.17, 15) is 10.1 Å². The molecule has 1 N–H and O–H groups in total. The smallest absolute Gasteiger partial charge is 0.484 e. The number of rotatable bonds is 20. The molecule has 1 aliphatic carbocycles. The third-order valence-corrected chi connectivity index (χ3v) is 12.7. The van der Waals surface area contributed by atoms with Crippen LogP contribution < -0.4 is 15.0 Å². The maximum atomic E-state index is 12.6.